The summed E-state index contributed by atoms with van der Waals surface area (Å²) in [7, 11) is 1.57. The zero-order valence-corrected chi connectivity index (χ0v) is 16.5. The van der Waals surface area contributed by atoms with Crippen molar-refractivity contribution in [3.05, 3.63) is 84.4 Å². The molecule has 0 aliphatic heterocycles. The first-order chi connectivity index (χ1) is 14.6. The average Bonchev–Trinajstić information content (AvgIpc) is 3.30. The molecule has 30 heavy (non-hydrogen) atoms. The van der Waals surface area contributed by atoms with Crippen molar-refractivity contribution in [3.63, 3.8) is 0 Å². The van der Waals surface area contributed by atoms with Gasteiger partial charge >= 0.3 is 0 Å². The van der Waals surface area contributed by atoms with Gasteiger partial charge in [-0.3, -0.25) is 4.79 Å². The molecule has 2 aromatic heterocycles. The summed E-state index contributed by atoms with van der Waals surface area (Å²) in [4.78, 5) is 21.3. The molecule has 2 N–H and O–H groups in total. The molecular formula is C22H20N6O2. The van der Waals surface area contributed by atoms with Gasteiger partial charge in [0.05, 0.1) is 7.11 Å². The molecule has 4 rings (SSSR count). The first-order valence-corrected chi connectivity index (χ1v) is 9.29. The number of rotatable bonds is 6. The van der Waals surface area contributed by atoms with Crippen molar-refractivity contribution < 1.29 is 9.53 Å². The Kier molecular flexibility index (Phi) is 5.38. The van der Waals surface area contributed by atoms with Crippen LogP contribution in [0.4, 0.5) is 17.2 Å². The number of nitrogens with one attached hydrogen (secondary N) is 2. The fraction of sp³-hybridized carbons (Fsp3) is 0.0909. The molecule has 2 aromatic carbocycles. The van der Waals surface area contributed by atoms with E-state index in [1.807, 2.05) is 49.5 Å². The van der Waals surface area contributed by atoms with Crippen LogP contribution in [0.3, 0.4) is 0 Å². The Morgan fingerprint density at radius 1 is 1.00 bits per heavy atom. The number of aryl methyl sites for hydroxylation is 1. The van der Waals surface area contributed by atoms with Gasteiger partial charge in [0.1, 0.15) is 17.4 Å². The normalized spacial score (nSPS) is 10.5. The van der Waals surface area contributed by atoms with Gasteiger partial charge in [-0.25, -0.2) is 14.6 Å². The fourth-order valence-corrected chi connectivity index (χ4v) is 2.89. The third-order valence-electron chi connectivity index (χ3n) is 4.31. The lowest BCUT2D eigenvalue weighted by molar-refractivity contribution is 0.102. The minimum atomic E-state index is -0.204. The van der Waals surface area contributed by atoms with E-state index in [9.17, 15) is 4.79 Å². The van der Waals surface area contributed by atoms with E-state index in [-0.39, 0.29) is 5.91 Å². The van der Waals surface area contributed by atoms with Gasteiger partial charge in [0, 0.05) is 35.4 Å². The van der Waals surface area contributed by atoms with Crippen molar-refractivity contribution in [1.29, 1.82) is 0 Å². The SMILES string of the molecule is COc1cccc(C(=O)Nc2ccc(Nc3cc(-n4cccn4)nc(C)n3)cc2)c1. The number of methoxy groups -OCH3 is 1. The van der Waals surface area contributed by atoms with Gasteiger partial charge in [0.2, 0.25) is 0 Å². The Morgan fingerprint density at radius 2 is 1.80 bits per heavy atom. The van der Waals surface area contributed by atoms with E-state index in [2.05, 4.69) is 25.7 Å². The number of hydrogen-bond donors (Lipinski definition) is 2. The monoisotopic (exact) mass is 400 g/mol. The van der Waals surface area contributed by atoms with E-state index in [0.29, 0.717) is 34.5 Å². The van der Waals surface area contributed by atoms with Crippen molar-refractivity contribution >= 4 is 23.1 Å². The number of aromatic nitrogens is 4. The van der Waals surface area contributed by atoms with Gasteiger partial charge in [-0.1, -0.05) is 6.07 Å². The van der Waals surface area contributed by atoms with E-state index in [4.69, 9.17) is 4.74 Å². The summed E-state index contributed by atoms with van der Waals surface area (Å²) >= 11 is 0. The van der Waals surface area contributed by atoms with Gasteiger partial charge in [0.15, 0.2) is 5.82 Å². The summed E-state index contributed by atoms with van der Waals surface area (Å²) in [6, 6.07) is 18.0. The largest absolute Gasteiger partial charge is 0.497 e. The molecule has 0 aliphatic rings. The molecule has 0 saturated carbocycles. The van der Waals surface area contributed by atoms with Crippen LogP contribution < -0.4 is 15.4 Å². The van der Waals surface area contributed by atoms with E-state index >= 15 is 0 Å². The fourth-order valence-electron chi connectivity index (χ4n) is 2.89. The van der Waals surface area contributed by atoms with Crippen LogP contribution in [0.2, 0.25) is 0 Å². The lowest BCUT2D eigenvalue weighted by Crippen LogP contribution is -2.11. The second-order valence-electron chi connectivity index (χ2n) is 6.50. The summed E-state index contributed by atoms with van der Waals surface area (Å²) < 4.78 is 6.84. The highest BCUT2D eigenvalue weighted by atomic mass is 16.5. The molecule has 0 bridgehead atoms. The number of anilines is 3. The third-order valence-corrected chi connectivity index (χ3v) is 4.31. The summed E-state index contributed by atoms with van der Waals surface area (Å²) in [6.45, 7) is 1.83. The third kappa shape index (κ3) is 4.44. The van der Waals surface area contributed by atoms with Crippen LogP contribution in [0.1, 0.15) is 16.2 Å². The minimum absolute atomic E-state index is 0.204. The summed E-state index contributed by atoms with van der Waals surface area (Å²) in [5.74, 6) is 2.40. The molecule has 150 valence electrons. The number of carbonyl (C=O) groups is 1. The number of ether oxygens (including phenoxy) is 1. The van der Waals surface area contributed by atoms with Gasteiger partial charge in [-0.15, -0.1) is 0 Å². The van der Waals surface area contributed by atoms with Gasteiger partial charge < -0.3 is 15.4 Å². The van der Waals surface area contributed by atoms with E-state index < -0.39 is 0 Å². The summed E-state index contributed by atoms with van der Waals surface area (Å²) in [5.41, 5.74) is 2.04. The van der Waals surface area contributed by atoms with E-state index in [1.165, 1.54) is 0 Å². The number of carbonyl (C=O) groups excluding carboxylic acids is 1. The van der Waals surface area contributed by atoms with Crippen LogP contribution >= 0.6 is 0 Å². The topological polar surface area (TPSA) is 94.0 Å². The molecule has 4 aromatic rings. The molecule has 8 heteroatoms. The quantitative estimate of drug-likeness (QED) is 0.509. The number of benzene rings is 2. The van der Waals surface area contributed by atoms with Crippen LogP contribution in [-0.4, -0.2) is 32.8 Å². The lowest BCUT2D eigenvalue weighted by Gasteiger charge is -2.10. The number of nitrogens with zero attached hydrogens (tertiary/aromatic N) is 4. The molecule has 8 nitrogen and oxygen atoms in total. The highest BCUT2D eigenvalue weighted by Crippen LogP contribution is 2.20. The molecule has 0 atom stereocenters. The predicted octanol–water partition coefficient (Wildman–Crippen LogP) is 3.98. The first kappa shape index (κ1) is 19.1. The molecule has 1 amide bonds. The molecule has 0 fully saturated rings. The van der Waals surface area contributed by atoms with Crippen molar-refractivity contribution in [2.45, 2.75) is 6.92 Å². The highest BCUT2D eigenvalue weighted by molar-refractivity contribution is 6.04. The molecule has 0 radical (unpaired) electrons. The molecule has 0 spiro atoms. The second-order valence-corrected chi connectivity index (χ2v) is 6.50. The van der Waals surface area contributed by atoms with Gasteiger partial charge in [-0.2, -0.15) is 5.10 Å². The molecule has 2 heterocycles. The predicted molar refractivity (Wildman–Crippen MR) is 115 cm³/mol. The second kappa shape index (κ2) is 8.44. The maximum absolute atomic E-state index is 12.4. The Labute approximate surface area is 173 Å². The summed E-state index contributed by atoms with van der Waals surface area (Å²) in [6.07, 6.45) is 3.52. The smallest absolute Gasteiger partial charge is 0.255 e. The van der Waals surface area contributed by atoms with Crippen molar-refractivity contribution in [3.8, 4) is 11.6 Å². The summed E-state index contributed by atoms with van der Waals surface area (Å²) in [5, 5.41) is 10.3. The molecule has 0 aliphatic carbocycles. The number of hydrogen-bond acceptors (Lipinski definition) is 6. The Morgan fingerprint density at radius 3 is 2.53 bits per heavy atom. The zero-order valence-electron chi connectivity index (χ0n) is 16.5. The van der Waals surface area contributed by atoms with Gasteiger partial charge in [-0.05, 0) is 55.5 Å². The molecular weight excluding hydrogens is 380 g/mol. The Balaban J connectivity index is 1.46. The van der Waals surface area contributed by atoms with Crippen molar-refractivity contribution in [1.82, 2.24) is 19.7 Å². The maximum atomic E-state index is 12.4. The Bertz CT molecular complexity index is 1160. The molecule has 0 saturated heterocycles. The number of amides is 1. The maximum Gasteiger partial charge on any atom is 0.255 e. The van der Waals surface area contributed by atoms with Crippen LogP contribution in [0.25, 0.3) is 5.82 Å². The van der Waals surface area contributed by atoms with Crippen molar-refractivity contribution in [2.24, 2.45) is 0 Å². The zero-order chi connectivity index (χ0) is 20.9. The van der Waals surface area contributed by atoms with Crippen LogP contribution in [0, 0.1) is 6.92 Å². The highest BCUT2D eigenvalue weighted by Gasteiger charge is 2.08. The molecule has 0 unspecified atom stereocenters. The average molecular weight is 400 g/mol. The van der Waals surface area contributed by atoms with Crippen molar-refractivity contribution in [2.75, 3.05) is 17.7 Å². The first-order valence-electron chi connectivity index (χ1n) is 9.29. The van der Waals surface area contributed by atoms with Gasteiger partial charge in [0.25, 0.3) is 5.91 Å². The minimum Gasteiger partial charge on any atom is -0.497 e. The lowest BCUT2D eigenvalue weighted by atomic mass is 10.2. The van der Waals surface area contributed by atoms with E-state index in [0.717, 1.165) is 5.69 Å². The Hall–Kier alpha value is -4.20. The van der Waals surface area contributed by atoms with Crippen LogP contribution in [0.15, 0.2) is 73.1 Å². The van der Waals surface area contributed by atoms with E-state index in [1.54, 1.807) is 42.3 Å². The van der Waals surface area contributed by atoms with Crippen LogP contribution in [-0.2, 0) is 0 Å². The van der Waals surface area contributed by atoms with Crippen LogP contribution in [0.5, 0.6) is 5.75 Å². The standard InChI is InChI=1S/C22H20N6O2/c1-15-24-20(14-21(25-15)28-12-4-11-23-28)26-17-7-9-18(10-8-17)27-22(29)16-5-3-6-19(13-16)30-2/h3-14H,1-2H3,(H,27,29)(H,24,25,26).